The highest BCUT2D eigenvalue weighted by molar-refractivity contribution is 5.88. The number of nitrogens with zero attached hydrogens (tertiary/aromatic N) is 1. The van der Waals surface area contributed by atoms with Gasteiger partial charge in [-0.3, -0.25) is 9.59 Å². The molecule has 0 spiro atoms. The van der Waals surface area contributed by atoms with Crippen molar-refractivity contribution in [3.05, 3.63) is 70.8 Å². The van der Waals surface area contributed by atoms with Crippen LogP contribution in [0.5, 0.6) is 0 Å². The largest absolute Gasteiger partial charge is 0.352 e. The van der Waals surface area contributed by atoms with Crippen molar-refractivity contribution in [1.29, 1.82) is 0 Å². The van der Waals surface area contributed by atoms with Crippen LogP contribution in [0.1, 0.15) is 43.0 Å². The average molecular weight is 367 g/mol. The highest BCUT2D eigenvalue weighted by atomic mass is 16.2. The van der Waals surface area contributed by atoms with E-state index in [2.05, 4.69) is 5.32 Å². The molecule has 2 aromatic carbocycles. The zero-order chi connectivity index (χ0) is 20.0. The van der Waals surface area contributed by atoms with Crippen LogP contribution in [0.2, 0.25) is 0 Å². The number of carbonyl (C=O) groups excluding carboxylic acids is 2. The normalized spacial score (nSPS) is 11.9. The maximum atomic E-state index is 13.2. The number of aryl methyl sites for hydroxylation is 2. The Bertz CT molecular complexity index is 798. The molecule has 0 aliphatic carbocycles. The van der Waals surface area contributed by atoms with Crippen molar-refractivity contribution >= 4 is 11.8 Å². The molecule has 2 rings (SSSR count). The Hall–Kier alpha value is -2.62. The molecule has 1 atom stereocenters. The lowest BCUT2D eigenvalue weighted by atomic mass is 10.0. The van der Waals surface area contributed by atoms with Crippen molar-refractivity contribution in [2.75, 3.05) is 0 Å². The lowest BCUT2D eigenvalue weighted by Crippen LogP contribution is -2.49. The number of hydrogen-bond donors (Lipinski definition) is 1. The molecule has 0 aromatic heterocycles. The Morgan fingerprint density at radius 2 is 1.41 bits per heavy atom. The van der Waals surface area contributed by atoms with Gasteiger partial charge in [0.1, 0.15) is 6.04 Å². The van der Waals surface area contributed by atoms with Crippen LogP contribution in [0.25, 0.3) is 0 Å². The van der Waals surface area contributed by atoms with E-state index >= 15 is 0 Å². The maximum Gasteiger partial charge on any atom is 0.242 e. The topological polar surface area (TPSA) is 49.4 Å². The Kier molecular flexibility index (Phi) is 7.17. The van der Waals surface area contributed by atoms with Gasteiger partial charge in [-0.2, -0.15) is 0 Å². The van der Waals surface area contributed by atoms with Crippen LogP contribution in [0.4, 0.5) is 0 Å². The summed E-state index contributed by atoms with van der Waals surface area (Å²) in [6.07, 6.45) is 0.290. The molecule has 0 fully saturated rings. The van der Waals surface area contributed by atoms with E-state index in [0.29, 0.717) is 6.54 Å². The molecule has 4 heteroatoms. The fraction of sp³-hybridized carbons (Fsp3) is 0.391. The SMILES string of the molecule is Cc1ccccc1CC(=O)N(Cc1ccccc1C)C(C)C(=O)NC(C)C. The van der Waals surface area contributed by atoms with Crippen LogP contribution in [0, 0.1) is 13.8 Å². The van der Waals surface area contributed by atoms with E-state index in [4.69, 9.17) is 0 Å². The first-order valence-corrected chi connectivity index (χ1v) is 9.48. The second kappa shape index (κ2) is 9.36. The number of hydrogen-bond acceptors (Lipinski definition) is 2. The third-order valence-corrected chi connectivity index (χ3v) is 4.80. The van der Waals surface area contributed by atoms with Gasteiger partial charge in [0.15, 0.2) is 0 Å². The van der Waals surface area contributed by atoms with Gasteiger partial charge in [-0.15, -0.1) is 0 Å². The molecule has 0 saturated carbocycles. The molecule has 0 radical (unpaired) electrons. The first-order chi connectivity index (χ1) is 12.8. The number of amides is 2. The van der Waals surface area contributed by atoms with Crippen molar-refractivity contribution in [2.45, 2.75) is 59.7 Å². The van der Waals surface area contributed by atoms with E-state index in [-0.39, 0.29) is 24.3 Å². The van der Waals surface area contributed by atoms with Crippen molar-refractivity contribution in [3.8, 4) is 0 Å². The number of benzene rings is 2. The van der Waals surface area contributed by atoms with E-state index < -0.39 is 6.04 Å². The average Bonchev–Trinajstić information content (AvgIpc) is 2.61. The summed E-state index contributed by atoms with van der Waals surface area (Å²) < 4.78 is 0. The summed E-state index contributed by atoms with van der Waals surface area (Å²) in [5.41, 5.74) is 4.25. The smallest absolute Gasteiger partial charge is 0.242 e. The Morgan fingerprint density at radius 1 is 0.889 bits per heavy atom. The summed E-state index contributed by atoms with van der Waals surface area (Å²) in [5.74, 6) is -0.171. The highest BCUT2D eigenvalue weighted by Crippen LogP contribution is 2.16. The van der Waals surface area contributed by atoms with Gasteiger partial charge in [-0.05, 0) is 56.9 Å². The number of nitrogens with one attached hydrogen (secondary N) is 1. The van der Waals surface area contributed by atoms with Gasteiger partial charge in [0.2, 0.25) is 11.8 Å². The molecule has 0 bridgehead atoms. The third-order valence-electron chi connectivity index (χ3n) is 4.80. The fourth-order valence-electron chi connectivity index (χ4n) is 3.03. The van der Waals surface area contributed by atoms with Crippen LogP contribution in [0.15, 0.2) is 48.5 Å². The lowest BCUT2D eigenvalue weighted by Gasteiger charge is -2.30. The molecular formula is C23H30N2O2. The molecule has 2 aromatic rings. The third kappa shape index (κ3) is 5.68. The fourth-order valence-corrected chi connectivity index (χ4v) is 3.03. The predicted molar refractivity (Wildman–Crippen MR) is 109 cm³/mol. The van der Waals surface area contributed by atoms with Gasteiger partial charge in [-0.1, -0.05) is 48.5 Å². The number of rotatable bonds is 7. The second-order valence-corrected chi connectivity index (χ2v) is 7.39. The van der Waals surface area contributed by atoms with E-state index in [9.17, 15) is 9.59 Å². The monoisotopic (exact) mass is 366 g/mol. The van der Waals surface area contributed by atoms with Gasteiger partial charge in [-0.25, -0.2) is 0 Å². The van der Waals surface area contributed by atoms with Gasteiger partial charge < -0.3 is 10.2 Å². The van der Waals surface area contributed by atoms with Gasteiger partial charge in [0, 0.05) is 12.6 Å². The van der Waals surface area contributed by atoms with Crippen molar-refractivity contribution in [3.63, 3.8) is 0 Å². The minimum Gasteiger partial charge on any atom is -0.352 e. The molecule has 27 heavy (non-hydrogen) atoms. The first kappa shape index (κ1) is 20.7. The summed E-state index contributed by atoms with van der Waals surface area (Å²) >= 11 is 0. The Balaban J connectivity index is 2.27. The van der Waals surface area contributed by atoms with Crippen LogP contribution in [-0.2, 0) is 22.6 Å². The molecule has 0 heterocycles. The summed E-state index contributed by atoms with van der Waals surface area (Å²) in [6.45, 7) is 10.1. The van der Waals surface area contributed by atoms with E-state index in [0.717, 1.165) is 22.3 Å². The standard InChI is InChI=1S/C23H30N2O2/c1-16(2)24-23(27)19(5)25(15-21-13-9-7-11-18(21)4)22(26)14-20-12-8-6-10-17(20)3/h6-13,16,19H,14-15H2,1-5H3,(H,24,27). The van der Waals surface area contributed by atoms with Crippen LogP contribution >= 0.6 is 0 Å². The molecule has 0 saturated heterocycles. The minimum absolute atomic E-state index is 0.0340. The van der Waals surface area contributed by atoms with Crippen molar-refractivity contribution in [2.24, 2.45) is 0 Å². The molecule has 4 nitrogen and oxygen atoms in total. The molecule has 144 valence electrons. The van der Waals surface area contributed by atoms with Crippen molar-refractivity contribution < 1.29 is 9.59 Å². The molecule has 1 N–H and O–H groups in total. The molecule has 0 aliphatic heterocycles. The van der Waals surface area contributed by atoms with Gasteiger partial charge in [0.25, 0.3) is 0 Å². The Labute approximate surface area is 162 Å². The minimum atomic E-state index is -0.538. The zero-order valence-electron chi connectivity index (χ0n) is 17.0. The molecular weight excluding hydrogens is 336 g/mol. The molecule has 1 unspecified atom stereocenters. The summed E-state index contributed by atoms with van der Waals surface area (Å²) in [6, 6.07) is 15.4. The summed E-state index contributed by atoms with van der Waals surface area (Å²) in [5, 5.41) is 2.92. The first-order valence-electron chi connectivity index (χ1n) is 9.48. The number of carbonyl (C=O) groups is 2. The second-order valence-electron chi connectivity index (χ2n) is 7.39. The quantitative estimate of drug-likeness (QED) is 0.810. The van der Waals surface area contributed by atoms with E-state index in [1.54, 1.807) is 11.8 Å². The van der Waals surface area contributed by atoms with Crippen LogP contribution in [-0.4, -0.2) is 28.8 Å². The lowest BCUT2D eigenvalue weighted by molar-refractivity contribution is -0.140. The van der Waals surface area contributed by atoms with Crippen LogP contribution in [0.3, 0.4) is 0 Å². The van der Waals surface area contributed by atoms with E-state index in [1.165, 1.54) is 0 Å². The van der Waals surface area contributed by atoms with E-state index in [1.807, 2.05) is 76.2 Å². The molecule has 0 aliphatic rings. The summed E-state index contributed by atoms with van der Waals surface area (Å²) in [7, 11) is 0. The van der Waals surface area contributed by atoms with Gasteiger partial charge >= 0.3 is 0 Å². The summed E-state index contributed by atoms with van der Waals surface area (Å²) in [4.78, 5) is 27.4. The maximum absolute atomic E-state index is 13.2. The predicted octanol–water partition coefficient (Wildman–Crippen LogP) is 3.79. The Morgan fingerprint density at radius 3 is 1.93 bits per heavy atom. The zero-order valence-corrected chi connectivity index (χ0v) is 17.0. The highest BCUT2D eigenvalue weighted by Gasteiger charge is 2.27. The van der Waals surface area contributed by atoms with Gasteiger partial charge in [0.05, 0.1) is 6.42 Å². The molecule has 2 amide bonds. The van der Waals surface area contributed by atoms with Crippen molar-refractivity contribution in [1.82, 2.24) is 10.2 Å². The van der Waals surface area contributed by atoms with Crippen LogP contribution < -0.4 is 5.32 Å².